The van der Waals surface area contributed by atoms with E-state index in [2.05, 4.69) is 15.1 Å². The van der Waals surface area contributed by atoms with Crippen LogP contribution in [0.5, 0.6) is 0 Å². The third kappa shape index (κ3) is 4.93. The standard InChI is InChI=1S/C23H22N4O2/c28-21(15-27-17-25-23(26-27)20-11-13-24-14-12-20)16-29-22(18-7-3-1-4-8-18)19-9-5-2-6-10-19/h1-14,17,21-22,28H,15-16H2. The molecule has 1 atom stereocenters. The zero-order chi connectivity index (χ0) is 19.9. The summed E-state index contributed by atoms with van der Waals surface area (Å²) < 4.78 is 7.75. The summed E-state index contributed by atoms with van der Waals surface area (Å²) in [4.78, 5) is 8.30. The number of aliphatic hydroxyl groups is 1. The number of benzene rings is 2. The summed E-state index contributed by atoms with van der Waals surface area (Å²) in [6.07, 6.45) is 4.07. The lowest BCUT2D eigenvalue weighted by atomic mass is 10.0. The Bertz CT molecular complexity index is 967. The molecule has 0 bridgehead atoms. The van der Waals surface area contributed by atoms with Crippen LogP contribution >= 0.6 is 0 Å². The molecule has 4 rings (SSSR count). The molecule has 0 spiro atoms. The van der Waals surface area contributed by atoms with Gasteiger partial charge in [0.05, 0.1) is 19.3 Å². The van der Waals surface area contributed by atoms with Crippen molar-refractivity contribution in [2.75, 3.05) is 6.61 Å². The second kappa shape index (κ2) is 9.23. The van der Waals surface area contributed by atoms with Crippen LogP contribution in [0.1, 0.15) is 17.2 Å². The maximum absolute atomic E-state index is 10.5. The van der Waals surface area contributed by atoms with Crippen LogP contribution in [0.4, 0.5) is 0 Å². The lowest BCUT2D eigenvalue weighted by Crippen LogP contribution is -2.24. The van der Waals surface area contributed by atoms with Crippen molar-refractivity contribution in [3.63, 3.8) is 0 Å². The van der Waals surface area contributed by atoms with Crippen LogP contribution in [0.3, 0.4) is 0 Å². The fourth-order valence-corrected chi connectivity index (χ4v) is 3.13. The van der Waals surface area contributed by atoms with E-state index >= 15 is 0 Å². The first-order valence-corrected chi connectivity index (χ1v) is 9.49. The minimum Gasteiger partial charge on any atom is -0.389 e. The molecule has 0 saturated heterocycles. The summed E-state index contributed by atoms with van der Waals surface area (Å²) >= 11 is 0. The maximum Gasteiger partial charge on any atom is 0.181 e. The first-order chi connectivity index (χ1) is 14.3. The van der Waals surface area contributed by atoms with Gasteiger partial charge in [-0.05, 0) is 23.3 Å². The zero-order valence-electron chi connectivity index (χ0n) is 15.9. The lowest BCUT2D eigenvalue weighted by molar-refractivity contribution is -0.00191. The maximum atomic E-state index is 10.5. The highest BCUT2D eigenvalue weighted by Crippen LogP contribution is 2.26. The highest BCUT2D eigenvalue weighted by atomic mass is 16.5. The summed E-state index contributed by atoms with van der Waals surface area (Å²) in [7, 11) is 0. The van der Waals surface area contributed by atoms with E-state index in [1.54, 1.807) is 23.4 Å². The van der Waals surface area contributed by atoms with E-state index in [1.165, 1.54) is 0 Å². The number of aromatic nitrogens is 4. The molecule has 29 heavy (non-hydrogen) atoms. The van der Waals surface area contributed by atoms with Crippen LogP contribution in [0.15, 0.2) is 91.5 Å². The first-order valence-electron chi connectivity index (χ1n) is 9.49. The number of hydrogen-bond donors (Lipinski definition) is 1. The van der Waals surface area contributed by atoms with Gasteiger partial charge in [-0.25, -0.2) is 9.67 Å². The van der Waals surface area contributed by atoms with Crippen molar-refractivity contribution in [3.8, 4) is 11.4 Å². The van der Waals surface area contributed by atoms with Gasteiger partial charge >= 0.3 is 0 Å². The molecule has 0 saturated carbocycles. The lowest BCUT2D eigenvalue weighted by Gasteiger charge is -2.21. The Balaban J connectivity index is 1.41. The average molecular weight is 386 g/mol. The number of nitrogens with zero attached hydrogens (tertiary/aromatic N) is 4. The molecule has 1 unspecified atom stereocenters. The Morgan fingerprint density at radius 3 is 2.10 bits per heavy atom. The van der Waals surface area contributed by atoms with Gasteiger partial charge in [0.1, 0.15) is 12.4 Å². The van der Waals surface area contributed by atoms with Crippen molar-refractivity contribution >= 4 is 0 Å². The van der Waals surface area contributed by atoms with Crippen molar-refractivity contribution in [2.45, 2.75) is 18.8 Å². The van der Waals surface area contributed by atoms with Crippen LogP contribution in [-0.4, -0.2) is 37.6 Å². The van der Waals surface area contributed by atoms with Crippen molar-refractivity contribution in [1.29, 1.82) is 0 Å². The predicted molar refractivity (Wildman–Crippen MR) is 110 cm³/mol. The van der Waals surface area contributed by atoms with Crippen LogP contribution in [-0.2, 0) is 11.3 Å². The average Bonchev–Trinajstić information content (AvgIpc) is 3.24. The Morgan fingerprint density at radius 2 is 1.48 bits per heavy atom. The summed E-state index contributed by atoms with van der Waals surface area (Å²) in [6, 6.07) is 23.7. The van der Waals surface area contributed by atoms with Gasteiger partial charge in [0.15, 0.2) is 5.82 Å². The van der Waals surface area contributed by atoms with Gasteiger partial charge in [-0.1, -0.05) is 60.7 Å². The summed E-state index contributed by atoms with van der Waals surface area (Å²) in [6.45, 7) is 0.479. The molecule has 2 aromatic heterocycles. The molecule has 1 N–H and O–H groups in total. The Hall–Kier alpha value is -3.35. The molecular formula is C23H22N4O2. The molecular weight excluding hydrogens is 364 g/mol. The van der Waals surface area contributed by atoms with Crippen LogP contribution in [0.2, 0.25) is 0 Å². The van der Waals surface area contributed by atoms with Gasteiger partial charge in [-0.2, -0.15) is 5.10 Å². The monoisotopic (exact) mass is 386 g/mol. The fourth-order valence-electron chi connectivity index (χ4n) is 3.13. The number of rotatable bonds is 8. The predicted octanol–water partition coefficient (Wildman–Crippen LogP) is 3.51. The highest BCUT2D eigenvalue weighted by molar-refractivity contribution is 5.52. The summed E-state index contributed by atoms with van der Waals surface area (Å²) in [5, 5.41) is 14.9. The van der Waals surface area contributed by atoms with Crippen LogP contribution in [0, 0.1) is 0 Å². The molecule has 2 aromatic carbocycles. The summed E-state index contributed by atoms with van der Waals surface area (Å²) in [5.41, 5.74) is 2.98. The molecule has 6 heteroatoms. The third-order valence-electron chi connectivity index (χ3n) is 4.53. The molecule has 146 valence electrons. The number of aliphatic hydroxyl groups excluding tert-OH is 1. The topological polar surface area (TPSA) is 73.1 Å². The fraction of sp³-hybridized carbons (Fsp3) is 0.174. The summed E-state index contributed by atoms with van der Waals surface area (Å²) in [5.74, 6) is 0.604. The molecule has 4 aromatic rings. The Morgan fingerprint density at radius 1 is 0.862 bits per heavy atom. The normalized spacial score (nSPS) is 12.2. The van der Waals surface area contributed by atoms with Gasteiger partial charge < -0.3 is 9.84 Å². The van der Waals surface area contributed by atoms with Crippen LogP contribution < -0.4 is 0 Å². The Kier molecular flexibility index (Phi) is 6.04. The van der Waals surface area contributed by atoms with Gasteiger partial charge in [0.2, 0.25) is 0 Å². The van der Waals surface area contributed by atoms with Gasteiger partial charge in [0, 0.05) is 18.0 Å². The van der Waals surface area contributed by atoms with E-state index < -0.39 is 6.10 Å². The van der Waals surface area contributed by atoms with E-state index in [-0.39, 0.29) is 12.7 Å². The molecule has 0 aliphatic carbocycles. The highest BCUT2D eigenvalue weighted by Gasteiger charge is 2.17. The van der Waals surface area contributed by atoms with Crippen molar-refractivity contribution in [3.05, 3.63) is 103 Å². The van der Waals surface area contributed by atoms with Crippen molar-refractivity contribution in [1.82, 2.24) is 19.7 Å². The quantitative estimate of drug-likeness (QED) is 0.502. The van der Waals surface area contributed by atoms with E-state index in [9.17, 15) is 5.11 Å². The van der Waals surface area contributed by atoms with E-state index in [0.29, 0.717) is 12.4 Å². The number of hydrogen-bond acceptors (Lipinski definition) is 5. The molecule has 0 aliphatic heterocycles. The second-order valence-electron chi connectivity index (χ2n) is 6.71. The van der Waals surface area contributed by atoms with Gasteiger partial charge in [-0.3, -0.25) is 4.98 Å². The largest absolute Gasteiger partial charge is 0.389 e. The van der Waals surface area contributed by atoms with Crippen LogP contribution in [0.25, 0.3) is 11.4 Å². The SMILES string of the molecule is OC(COC(c1ccccc1)c1ccccc1)Cn1cnc(-c2ccncc2)n1. The zero-order valence-corrected chi connectivity index (χ0v) is 15.9. The van der Waals surface area contributed by atoms with Crippen molar-refractivity contribution in [2.24, 2.45) is 0 Å². The molecule has 0 radical (unpaired) electrons. The smallest absolute Gasteiger partial charge is 0.181 e. The number of ether oxygens (including phenoxy) is 1. The van der Waals surface area contributed by atoms with E-state index in [1.807, 2.05) is 72.8 Å². The molecule has 0 fully saturated rings. The first kappa shape index (κ1) is 19.0. The minimum atomic E-state index is -0.711. The molecule has 6 nitrogen and oxygen atoms in total. The second-order valence-corrected chi connectivity index (χ2v) is 6.71. The number of pyridine rings is 1. The van der Waals surface area contributed by atoms with Gasteiger partial charge in [0.25, 0.3) is 0 Å². The Labute approximate surface area is 169 Å². The molecule has 2 heterocycles. The molecule has 0 aliphatic rings. The van der Waals surface area contributed by atoms with E-state index in [0.717, 1.165) is 16.7 Å². The minimum absolute atomic E-state index is 0.179. The molecule has 0 amide bonds. The third-order valence-corrected chi connectivity index (χ3v) is 4.53. The van der Waals surface area contributed by atoms with E-state index in [4.69, 9.17) is 4.74 Å². The van der Waals surface area contributed by atoms with Gasteiger partial charge in [-0.15, -0.1) is 0 Å². The van der Waals surface area contributed by atoms with Crippen molar-refractivity contribution < 1.29 is 9.84 Å².